The van der Waals surface area contributed by atoms with E-state index in [-0.39, 0.29) is 17.5 Å². The molecule has 10 heteroatoms. The first-order valence-electron chi connectivity index (χ1n) is 9.01. The Hall–Kier alpha value is -3.11. The van der Waals surface area contributed by atoms with E-state index in [0.717, 1.165) is 16.8 Å². The number of rotatable bonds is 7. The van der Waals surface area contributed by atoms with Gasteiger partial charge in [-0.2, -0.15) is 0 Å². The maximum atomic E-state index is 13.3. The van der Waals surface area contributed by atoms with E-state index in [0.29, 0.717) is 16.8 Å². The molecule has 0 fully saturated rings. The summed E-state index contributed by atoms with van der Waals surface area (Å²) in [6, 6.07) is 15.9. The zero-order valence-electron chi connectivity index (χ0n) is 16.0. The highest BCUT2D eigenvalue weighted by Crippen LogP contribution is 2.29. The number of hydrogen-bond donors (Lipinski definition) is 0. The lowest BCUT2D eigenvalue weighted by Crippen LogP contribution is -2.32. The summed E-state index contributed by atoms with van der Waals surface area (Å²) in [4.78, 5) is 19.4. The number of nitrogens with zero attached hydrogens (tertiary/aromatic N) is 6. The van der Waals surface area contributed by atoms with E-state index in [4.69, 9.17) is 0 Å². The minimum Gasteiger partial charge on any atom is -0.283 e. The van der Waals surface area contributed by atoms with Crippen molar-refractivity contribution in [1.29, 1.82) is 0 Å². The number of anilines is 1. The lowest BCUT2D eigenvalue weighted by Gasteiger charge is -2.20. The van der Waals surface area contributed by atoms with E-state index in [2.05, 4.69) is 20.5 Å². The predicted octanol–water partition coefficient (Wildman–Crippen LogP) is 3.80. The van der Waals surface area contributed by atoms with Crippen LogP contribution in [0.5, 0.6) is 0 Å². The van der Waals surface area contributed by atoms with Gasteiger partial charge in [-0.05, 0) is 28.1 Å². The van der Waals surface area contributed by atoms with E-state index in [9.17, 15) is 9.18 Å². The standard InChI is InChI=1S/C20H17FN6OS2/c1-26-20(23-24-25-26)30-13-18(28)27(11-14-7-9-16(21)10-8-14)19-22-17(12-29-19)15-5-3-2-4-6-15/h2-10,12H,11,13H2,1H3. The fourth-order valence-electron chi connectivity index (χ4n) is 2.71. The molecule has 4 aromatic rings. The highest BCUT2D eigenvalue weighted by atomic mass is 32.2. The van der Waals surface area contributed by atoms with Gasteiger partial charge in [-0.3, -0.25) is 9.69 Å². The van der Waals surface area contributed by atoms with Gasteiger partial charge in [0.15, 0.2) is 5.13 Å². The van der Waals surface area contributed by atoms with Crippen molar-refractivity contribution in [3.63, 3.8) is 0 Å². The minimum absolute atomic E-state index is 0.138. The number of carbonyl (C=O) groups excluding carboxylic acids is 1. The van der Waals surface area contributed by atoms with E-state index < -0.39 is 0 Å². The molecule has 4 rings (SSSR count). The Kier molecular flexibility index (Phi) is 6.15. The van der Waals surface area contributed by atoms with Gasteiger partial charge in [-0.15, -0.1) is 16.4 Å². The molecule has 0 saturated heterocycles. The largest absolute Gasteiger partial charge is 0.283 e. The van der Waals surface area contributed by atoms with E-state index in [1.54, 1.807) is 24.1 Å². The molecular weight excluding hydrogens is 423 g/mol. The quantitative estimate of drug-likeness (QED) is 0.407. The number of aromatic nitrogens is 5. The molecule has 0 N–H and O–H groups in total. The number of halogens is 1. The SMILES string of the molecule is Cn1nnnc1SCC(=O)N(Cc1ccc(F)cc1)c1nc(-c2ccccc2)cs1. The third-order valence-electron chi connectivity index (χ3n) is 4.25. The van der Waals surface area contributed by atoms with Crippen molar-refractivity contribution in [1.82, 2.24) is 25.2 Å². The van der Waals surface area contributed by atoms with Crippen molar-refractivity contribution in [2.24, 2.45) is 7.05 Å². The second-order valence-corrected chi connectivity index (χ2v) is 8.14. The van der Waals surface area contributed by atoms with Crippen LogP contribution in [0, 0.1) is 5.82 Å². The maximum absolute atomic E-state index is 13.3. The molecule has 0 aliphatic heterocycles. The topological polar surface area (TPSA) is 76.8 Å². The second kappa shape index (κ2) is 9.14. The summed E-state index contributed by atoms with van der Waals surface area (Å²) in [6.07, 6.45) is 0. The van der Waals surface area contributed by atoms with Crippen molar-refractivity contribution in [2.75, 3.05) is 10.7 Å². The Labute approximate surface area is 180 Å². The molecule has 0 saturated carbocycles. The van der Waals surface area contributed by atoms with E-state index in [1.807, 2.05) is 35.7 Å². The molecule has 0 aliphatic carbocycles. The van der Waals surface area contributed by atoms with Gasteiger partial charge in [0.05, 0.1) is 18.0 Å². The number of carbonyl (C=O) groups is 1. The lowest BCUT2D eigenvalue weighted by atomic mass is 10.2. The van der Waals surface area contributed by atoms with Crippen LogP contribution >= 0.6 is 23.1 Å². The predicted molar refractivity (Wildman–Crippen MR) is 115 cm³/mol. The summed E-state index contributed by atoms with van der Waals surface area (Å²) in [5.41, 5.74) is 2.60. The zero-order valence-corrected chi connectivity index (χ0v) is 17.6. The summed E-state index contributed by atoms with van der Waals surface area (Å²) < 4.78 is 14.8. The van der Waals surface area contributed by atoms with Gasteiger partial charge in [0, 0.05) is 18.0 Å². The third-order valence-corrected chi connectivity index (χ3v) is 6.11. The van der Waals surface area contributed by atoms with E-state index in [1.165, 1.54) is 39.9 Å². The Morgan fingerprint density at radius 3 is 2.63 bits per heavy atom. The minimum atomic E-state index is -0.317. The Morgan fingerprint density at radius 1 is 1.17 bits per heavy atom. The number of hydrogen-bond acceptors (Lipinski definition) is 7. The average Bonchev–Trinajstić information content (AvgIpc) is 3.41. The molecule has 0 spiro atoms. The van der Waals surface area contributed by atoms with Gasteiger partial charge in [-0.25, -0.2) is 14.1 Å². The monoisotopic (exact) mass is 440 g/mol. The molecule has 30 heavy (non-hydrogen) atoms. The van der Waals surface area contributed by atoms with Gasteiger partial charge in [0.1, 0.15) is 5.82 Å². The molecule has 1 amide bonds. The summed E-state index contributed by atoms with van der Waals surface area (Å²) >= 11 is 2.65. The van der Waals surface area contributed by atoms with Crippen LogP contribution in [0.25, 0.3) is 11.3 Å². The maximum Gasteiger partial charge on any atom is 0.239 e. The molecule has 0 unspecified atom stereocenters. The first-order chi connectivity index (χ1) is 14.6. The van der Waals surface area contributed by atoms with Gasteiger partial charge >= 0.3 is 0 Å². The Balaban J connectivity index is 1.58. The molecular formula is C20H17FN6OS2. The first kappa shape index (κ1) is 20.2. The van der Waals surface area contributed by atoms with Crippen LogP contribution < -0.4 is 4.90 Å². The highest BCUT2D eigenvalue weighted by molar-refractivity contribution is 7.99. The number of benzene rings is 2. The molecule has 2 aromatic heterocycles. The third kappa shape index (κ3) is 4.71. The van der Waals surface area contributed by atoms with E-state index >= 15 is 0 Å². The van der Waals surface area contributed by atoms with Gasteiger partial charge in [-0.1, -0.05) is 54.2 Å². The van der Waals surface area contributed by atoms with Crippen LogP contribution in [0.4, 0.5) is 9.52 Å². The van der Waals surface area contributed by atoms with Crippen molar-refractivity contribution in [2.45, 2.75) is 11.7 Å². The molecule has 0 aliphatic rings. The molecule has 7 nitrogen and oxygen atoms in total. The summed E-state index contributed by atoms with van der Waals surface area (Å²) in [6.45, 7) is 0.290. The van der Waals surface area contributed by atoms with Crippen molar-refractivity contribution in [3.05, 3.63) is 71.4 Å². The fourth-order valence-corrected chi connectivity index (χ4v) is 4.29. The van der Waals surface area contributed by atoms with Crippen molar-refractivity contribution < 1.29 is 9.18 Å². The van der Waals surface area contributed by atoms with Crippen LogP contribution in [0.3, 0.4) is 0 Å². The number of aryl methyl sites for hydroxylation is 1. The summed E-state index contributed by atoms with van der Waals surface area (Å²) in [5, 5.41) is 14.3. The van der Waals surface area contributed by atoms with Crippen LogP contribution in [-0.2, 0) is 18.4 Å². The number of amides is 1. The number of thioether (sulfide) groups is 1. The zero-order chi connectivity index (χ0) is 20.9. The first-order valence-corrected chi connectivity index (χ1v) is 10.9. The smallest absolute Gasteiger partial charge is 0.239 e. The van der Waals surface area contributed by atoms with Crippen LogP contribution in [0.15, 0.2) is 65.1 Å². The molecule has 0 atom stereocenters. The van der Waals surface area contributed by atoms with Crippen LogP contribution in [0.1, 0.15) is 5.56 Å². The van der Waals surface area contributed by atoms with Gasteiger partial charge < -0.3 is 0 Å². The molecule has 0 bridgehead atoms. The molecule has 0 radical (unpaired) electrons. The van der Waals surface area contributed by atoms with Gasteiger partial charge in [0.2, 0.25) is 11.1 Å². The van der Waals surface area contributed by atoms with Gasteiger partial charge in [0.25, 0.3) is 0 Å². The molecule has 152 valence electrons. The van der Waals surface area contributed by atoms with Crippen molar-refractivity contribution in [3.8, 4) is 11.3 Å². The Morgan fingerprint density at radius 2 is 1.93 bits per heavy atom. The summed E-state index contributed by atoms with van der Waals surface area (Å²) in [5.74, 6) is -0.306. The fraction of sp³-hybridized carbons (Fsp3) is 0.150. The molecule has 2 aromatic carbocycles. The van der Waals surface area contributed by atoms with Crippen LogP contribution in [0.2, 0.25) is 0 Å². The Bertz CT molecular complexity index is 1130. The molecule has 2 heterocycles. The average molecular weight is 441 g/mol. The normalized spacial score (nSPS) is 10.9. The highest BCUT2D eigenvalue weighted by Gasteiger charge is 2.21. The van der Waals surface area contributed by atoms with Crippen molar-refractivity contribution >= 4 is 34.1 Å². The lowest BCUT2D eigenvalue weighted by molar-refractivity contribution is -0.116. The number of thiazole rings is 1. The second-order valence-electron chi connectivity index (χ2n) is 6.36. The van der Waals surface area contributed by atoms with Crippen LogP contribution in [-0.4, -0.2) is 36.9 Å². The number of tetrazole rings is 1. The summed E-state index contributed by atoms with van der Waals surface area (Å²) in [7, 11) is 1.72.